The van der Waals surface area contributed by atoms with Gasteiger partial charge in [-0.2, -0.15) is 0 Å². The number of carbonyl (C=O) groups excluding carboxylic acids is 2. The van der Waals surface area contributed by atoms with Gasteiger partial charge in [-0.1, -0.05) is 0 Å². The smallest absolute Gasteiger partial charge is 0.260 e. The normalized spacial score (nSPS) is 18.0. The third-order valence-corrected chi connectivity index (χ3v) is 4.24. The standard InChI is InChI=1S/C17H14N2O4/c1-22-9-3-5-11-12(7-9)15-18-16(20)13-8-10(23-2)4-6-14(13)19(15)17(11)21/h3-8,15H,1-2H3,(H,18,20). The first-order valence-corrected chi connectivity index (χ1v) is 7.14. The van der Waals surface area contributed by atoms with Gasteiger partial charge >= 0.3 is 0 Å². The number of carbonyl (C=O) groups is 2. The maximum Gasteiger partial charge on any atom is 0.260 e. The number of nitrogens with one attached hydrogen (secondary N) is 1. The lowest BCUT2D eigenvalue weighted by molar-refractivity contribution is 0.0911. The predicted molar refractivity (Wildman–Crippen MR) is 83.0 cm³/mol. The molecule has 2 amide bonds. The summed E-state index contributed by atoms with van der Waals surface area (Å²) in [5.41, 5.74) is 2.32. The Morgan fingerprint density at radius 2 is 1.65 bits per heavy atom. The Morgan fingerprint density at radius 1 is 0.957 bits per heavy atom. The molecule has 1 N–H and O–H groups in total. The number of ether oxygens (including phenoxy) is 2. The van der Waals surface area contributed by atoms with Crippen LogP contribution in [0.2, 0.25) is 0 Å². The third kappa shape index (κ3) is 1.81. The van der Waals surface area contributed by atoms with Gasteiger partial charge in [-0.3, -0.25) is 14.5 Å². The van der Waals surface area contributed by atoms with Crippen LogP contribution in [0, 0.1) is 0 Å². The molecule has 0 saturated carbocycles. The van der Waals surface area contributed by atoms with E-state index in [1.807, 2.05) is 0 Å². The SMILES string of the molecule is COc1ccc2c(c1)C(=O)NC1c3cc(OC)ccc3C(=O)N21. The molecular weight excluding hydrogens is 296 g/mol. The van der Waals surface area contributed by atoms with E-state index in [1.165, 1.54) is 7.11 Å². The number of fused-ring (bicyclic) bond motifs is 5. The largest absolute Gasteiger partial charge is 0.497 e. The van der Waals surface area contributed by atoms with Crippen LogP contribution in [0.1, 0.15) is 32.4 Å². The lowest BCUT2D eigenvalue weighted by Gasteiger charge is -2.32. The lowest BCUT2D eigenvalue weighted by atomic mass is 10.1. The molecule has 0 radical (unpaired) electrons. The molecule has 0 bridgehead atoms. The van der Waals surface area contributed by atoms with Crippen molar-refractivity contribution in [3.63, 3.8) is 0 Å². The Hall–Kier alpha value is -3.02. The van der Waals surface area contributed by atoms with E-state index in [1.54, 1.807) is 48.4 Å². The molecule has 2 heterocycles. The zero-order valence-corrected chi connectivity index (χ0v) is 12.6. The van der Waals surface area contributed by atoms with Crippen LogP contribution in [0.4, 0.5) is 5.69 Å². The number of amides is 2. The van der Waals surface area contributed by atoms with Crippen molar-refractivity contribution in [3.8, 4) is 11.5 Å². The fourth-order valence-corrected chi connectivity index (χ4v) is 3.10. The first-order valence-electron chi connectivity index (χ1n) is 7.14. The van der Waals surface area contributed by atoms with Crippen molar-refractivity contribution in [2.45, 2.75) is 6.17 Å². The second-order valence-electron chi connectivity index (χ2n) is 5.39. The molecule has 116 valence electrons. The zero-order valence-electron chi connectivity index (χ0n) is 12.6. The molecule has 2 aliphatic heterocycles. The first-order chi connectivity index (χ1) is 11.1. The third-order valence-electron chi connectivity index (χ3n) is 4.24. The van der Waals surface area contributed by atoms with E-state index in [0.717, 1.165) is 5.56 Å². The molecular formula is C17H14N2O4. The molecule has 0 aromatic heterocycles. The summed E-state index contributed by atoms with van der Waals surface area (Å²) in [6.07, 6.45) is -0.513. The summed E-state index contributed by atoms with van der Waals surface area (Å²) < 4.78 is 10.4. The second-order valence-corrected chi connectivity index (χ2v) is 5.39. The highest BCUT2D eigenvalue weighted by Crippen LogP contribution is 2.42. The topological polar surface area (TPSA) is 67.9 Å². The summed E-state index contributed by atoms with van der Waals surface area (Å²) in [7, 11) is 3.10. The predicted octanol–water partition coefficient (Wildman–Crippen LogP) is 2.11. The molecule has 0 saturated heterocycles. The minimum absolute atomic E-state index is 0.140. The fraction of sp³-hybridized carbons (Fsp3) is 0.176. The number of nitrogens with zero attached hydrogens (tertiary/aromatic N) is 1. The fourth-order valence-electron chi connectivity index (χ4n) is 3.10. The molecule has 1 atom stereocenters. The lowest BCUT2D eigenvalue weighted by Crippen LogP contribution is -2.45. The molecule has 0 spiro atoms. The van der Waals surface area contributed by atoms with Crippen molar-refractivity contribution in [2.75, 3.05) is 19.1 Å². The molecule has 23 heavy (non-hydrogen) atoms. The van der Waals surface area contributed by atoms with Crippen molar-refractivity contribution in [3.05, 3.63) is 53.1 Å². The molecule has 2 aromatic carbocycles. The van der Waals surface area contributed by atoms with E-state index in [-0.39, 0.29) is 11.8 Å². The molecule has 4 rings (SSSR count). The van der Waals surface area contributed by atoms with Gasteiger partial charge in [0.15, 0.2) is 0 Å². The maximum atomic E-state index is 12.8. The Balaban J connectivity index is 1.88. The Bertz CT molecular complexity index is 846. The van der Waals surface area contributed by atoms with Crippen molar-refractivity contribution in [2.24, 2.45) is 0 Å². The monoisotopic (exact) mass is 310 g/mol. The van der Waals surface area contributed by atoms with Gasteiger partial charge in [0, 0.05) is 11.1 Å². The van der Waals surface area contributed by atoms with E-state index in [4.69, 9.17) is 9.47 Å². The Labute approximate surface area is 132 Å². The van der Waals surface area contributed by atoms with Gasteiger partial charge in [-0.25, -0.2) is 0 Å². The minimum Gasteiger partial charge on any atom is -0.497 e. The maximum absolute atomic E-state index is 12.8. The summed E-state index contributed by atoms with van der Waals surface area (Å²) in [6.45, 7) is 0. The van der Waals surface area contributed by atoms with E-state index in [2.05, 4.69) is 5.32 Å². The first kappa shape index (κ1) is 13.6. The molecule has 6 heteroatoms. The molecule has 2 aliphatic rings. The average Bonchev–Trinajstić information content (AvgIpc) is 2.86. The van der Waals surface area contributed by atoms with Gasteiger partial charge in [-0.15, -0.1) is 0 Å². The number of methoxy groups -OCH3 is 2. The molecule has 0 fully saturated rings. The highest BCUT2D eigenvalue weighted by molar-refractivity contribution is 6.17. The number of rotatable bonds is 2. The van der Waals surface area contributed by atoms with Crippen molar-refractivity contribution >= 4 is 17.5 Å². The van der Waals surface area contributed by atoms with Crippen LogP contribution < -0.4 is 19.7 Å². The highest BCUT2D eigenvalue weighted by Gasteiger charge is 2.43. The van der Waals surface area contributed by atoms with Crippen LogP contribution in [0.15, 0.2) is 36.4 Å². The van der Waals surface area contributed by atoms with Gasteiger partial charge in [-0.05, 0) is 36.4 Å². The minimum atomic E-state index is -0.513. The highest BCUT2D eigenvalue weighted by atomic mass is 16.5. The number of benzene rings is 2. The van der Waals surface area contributed by atoms with Crippen LogP contribution in [0.5, 0.6) is 11.5 Å². The second kappa shape index (κ2) is 4.74. The Kier molecular flexibility index (Phi) is 2.81. The van der Waals surface area contributed by atoms with E-state index >= 15 is 0 Å². The summed E-state index contributed by atoms with van der Waals surface area (Å²) in [5, 5.41) is 2.88. The summed E-state index contributed by atoms with van der Waals surface area (Å²) >= 11 is 0. The number of anilines is 1. The quantitative estimate of drug-likeness (QED) is 0.922. The molecule has 1 unspecified atom stereocenters. The van der Waals surface area contributed by atoms with Crippen molar-refractivity contribution < 1.29 is 19.1 Å². The van der Waals surface area contributed by atoms with Crippen molar-refractivity contribution in [1.29, 1.82) is 0 Å². The zero-order chi connectivity index (χ0) is 16.1. The van der Waals surface area contributed by atoms with Gasteiger partial charge in [0.05, 0.1) is 25.5 Å². The van der Waals surface area contributed by atoms with E-state index in [9.17, 15) is 9.59 Å². The van der Waals surface area contributed by atoms with Crippen LogP contribution in [0.3, 0.4) is 0 Å². The van der Waals surface area contributed by atoms with Crippen LogP contribution in [-0.2, 0) is 0 Å². The molecule has 2 aromatic rings. The van der Waals surface area contributed by atoms with Crippen LogP contribution in [0.25, 0.3) is 0 Å². The summed E-state index contributed by atoms with van der Waals surface area (Å²) in [4.78, 5) is 26.8. The van der Waals surface area contributed by atoms with Crippen LogP contribution >= 0.6 is 0 Å². The van der Waals surface area contributed by atoms with Gasteiger partial charge in [0.25, 0.3) is 11.8 Å². The van der Waals surface area contributed by atoms with E-state index in [0.29, 0.717) is 28.3 Å². The number of hydrogen-bond acceptors (Lipinski definition) is 4. The van der Waals surface area contributed by atoms with Crippen LogP contribution in [-0.4, -0.2) is 26.0 Å². The average molecular weight is 310 g/mol. The van der Waals surface area contributed by atoms with Gasteiger partial charge < -0.3 is 14.8 Å². The van der Waals surface area contributed by atoms with Crippen molar-refractivity contribution in [1.82, 2.24) is 5.32 Å². The molecule has 6 nitrogen and oxygen atoms in total. The number of hydrogen-bond donors (Lipinski definition) is 1. The summed E-state index contributed by atoms with van der Waals surface area (Å²) in [6, 6.07) is 10.4. The summed E-state index contributed by atoms with van der Waals surface area (Å²) in [5.74, 6) is 0.846. The van der Waals surface area contributed by atoms with E-state index < -0.39 is 6.17 Å². The van der Waals surface area contributed by atoms with Gasteiger partial charge in [0.1, 0.15) is 17.7 Å². The molecule has 0 aliphatic carbocycles. The van der Waals surface area contributed by atoms with Gasteiger partial charge in [0.2, 0.25) is 0 Å². The Morgan fingerprint density at radius 3 is 2.39 bits per heavy atom.